The highest BCUT2D eigenvalue weighted by atomic mass is 32.2. The SMILES string of the molecule is C#CCOCCOCCOCC[C@H](SC1NC(=O)NCC1C)C(=O)N[C@H](C)c1ccc(OC)cc1. The van der Waals surface area contributed by atoms with Crippen LogP contribution in [0.5, 0.6) is 5.75 Å². The zero-order chi connectivity index (χ0) is 25.5. The van der Waals surface area contributed by atoms with Gasteiger partial charge in [-0.25, -0.2) is 4.79 Å². The molecule has 0 aromatic heterocycles. The fourth-order valence-corrected chi connectivity index (χ4v) is 4.65. The van der Waals surface area contributed by atoms with Crippen molar-refractivity contribution >= 4 is 23.7 Å². The van der Waals surface area contributed by atoms with E-state index >= 15 is 0 Å². The van der Waals surface area contributed by atoms with Gasteiger partial charge in [0.15, 0.2) is 0 Å². The molecule has 4 atom stereocenters. The van der Waals surface area contributed by atoms with Crippen LogP contribution in [-0.2, 0) is 19.0 Å². The lowest BCUT2D eigenvalue weighted by Crippen LogP contribution is -2.53. The van der Waals surface area contributed by atoms with Crippen LogP contribution in [-0.4, -0.2) is 75.9 Å². The second kappa shape index (κ2) is 16.3. The van der Waals surface area contributed by atoms with E-state index in [1.807, 2.05) is 38.1 Å². The van der Waals surface area contributed by atoms with Crippen LogP contribution >= 0.6 is 11.8 Å². The third kappa shape index (κ3) is 10.8. The third-order valence-corrected chi connectivity index (χ3v) is 7.06. The smallest absolute Gasteiger partial charge is 0.315 e. The molecule has 1 fully saturated rings. The van der Waals surface area contributed by atoms with E-state index in [4.69, 9.17) is 25.4 Å². The van der Waals surface area contributed by atoms with Gasteiger partial charge in [0.1, 0.15) is 12.4 Å². The van der Waals surface area contributed by atoms with E-state index in [1.54, 1.807) is 7.11 Å². The summed E-state index contributed by atoms with van der Waals surface area (Å²) in [6.45, 7) is 6.95. The van der Waals surface area contributed by atoms with Crippen molar-refractivity contribution in [2.45, 2.75) is 36.9 Å². The summed E-state index contributed by atoms with van der Waals surface area (Å²) in [4.78, 5) is 25.0. The second-order valence-corrected chi connectivity index (χ2v) is 9.50. The molecule has 35 heavy (non-hydrogen) atoms. The van der Waals surface area contributed by atoms with Crippen molar-refractivity contribution in [2.24, 2.45) is 5.92 Å². The first-order valence-corrected chi connectivity index (χ1v) is 12.7. The number of carbonyl (C=O) groups excluding carboxylic acids is 2. The normalized spacial score (nSPS) is 19.1. The third-order valence-electron chi connectivity index (χ3n) is 5.41. The van der Waals surface area contributed by atoms with Crippen molar-refractivity contribution in [1.82, 2.24) is 16.0 Å². The number of hydrogen-bond donors (Lipinski definition) is 3. The molecule has 1 aromatic carbocycles. The van der Waals surface area contributed by atoms with Gasteiger partial charge in [-0.15, -0.1) is 18.2 Å². The Morgan fingerprint density at radius 1 is 1.17 bits per heavy atom. The van der Waals surface area contributed by atoms with Crippen molar-refractivity contribution in [1.29, 1.82) is 0 Å². The number of urea groups is 1. The molecule has 0 radical (unpaired) electrons. The Labute approximate surface area is 212 Å². The summed E-state index contributed by atoms with van der Waals surface area (Å²) < 4.78 is 21.5. The first kappa shape index (κ1) is 28.8. The number of rotatable bonds is 16. The van der Waals surface area contributed by atoms with Gasteiger partial charge in [0.05, 0.1) is 50.2 Å². The van der Waals surface area contributed by atoms with Gasteiger partial charge >= 0.3 is 6.03 Å². The number of nitrogens with one attached hydrogen (secondary N) is 3. The van der Waals surface area contributed by atoms with Crippen LogP contribution in [0.15, 0.2) is 24.3 Å². The fraction of sp³-hybridized carbons (Fsp3) is 0.600. The quantitative estimate of drug-likeness (QED) is 0.233. The number of terminal acetylenes is 1. The Kier molecular flexibility index (Phi) is 13.4. The van der Waals surface area contributed by atoms with Crippen LogP contribution in [0.25, 0.3) is 0 Å². The molecule has 1 aliphatic heterocycles. The molecule has 2 rings (SSSR count). The molecule has 194 valence electrons. The molecule has 1 saturated heterocycles. The van der Waals surface area contributed by atoms with Crippen molar-refractivity contribution in [3.05, 3.63) is 29.8 Å². The van der Waals surface area contributed by atoms with Gasteiger partial charge in [-0.05, 0) is 31.0 Å². The maximum absolute atomic E-state index is 13.2. The van der Waals surface area contributed by atoms with Crippen molar-refractivity contribution < 1.29 is 28.5 Å². The van der Waals surface area contributed by atoms with Gasteiger partial charge in [-0.2, -0.15) is 0 Å². The Morgan fingerprint density at radius 3 is 2.49 bits per heavy atom. The van der Waals surface area contributed by atoms with Crippen molar-refractivity contribution in [3.8, 4) is 18.1 Å². The number of amides is 3. The van der Waals surface area contributed by atoms with E-state index in [1.165, 1.54) is 11.8 Å². The average molecular weight is 508 g/mol. The highest BCUT2D eigenvalue weighted by Crippen LogP contribution is 2.27. The number of carbonyl (C=O) groups is 2. The Balaban J connectivity index is 1.86. The lowest BCUT2D eigenvalue weighted by molar-refractivity contribution is -0.121. The number of thioether (sulfide) groups is 1. The monoisotopic (exact) mass is 507 g/mol. The molecule has 0 spiro atoms. The Bertz CT molecular complexity index is 816. The minimum Gasteiger partial charge on any atom is -0.497 e. The van der Waals surface area contributed by atoms with E-state index in [9.17, 15) is 9.59 Å². The van der Waals surface area contributed by atoms with E-state index in [2.05, 4.69) is 21.9 Å². The van der Waals surface area contributed by atoms with E-state index in [0.717, 1.165) is 11.3 Å². The minimum absolute atomic E-state index is 0.0937. The molecule has 3 amide bonds. The van der Waals surface area contributed by atoms with Crippen LogP contribution in [0.2, 0.25) is 0 Å². The van der Waals surface area contributed by atoms with Crippen LogP contribution in [0, 0.1) is 18.3 Å². The highest BCUT2D eigenvalue weighted by molar-refractivity contribution is 8.01. The van der Waals surface area contributed by atoms with Gasteiger partial charge < -0.3 is 34.9 Å². The van der Waals surface area contributed by atoms with Crippen LogP contribution in [0.4, 0.5) is 4.79 Å². The first-order valence-electron chi connectivity index (χ1n) is 11.8. The minimum atomic E-state index is -0.389. The molecule has 1 heterocycles. The fourth-order valence-electron chi connectivity index (χ4n) is 3.33. The maximum Gasteiger partial charge on any atom is 0.315 e. The number of ether oxygens (including phenoxy) is 4. The molecule has 3 N–H and O–H groups in total. The zero-order valence-electron chi connectivity index (χ0n) is 20.7. The van der Waals surface area contributed by atoms with Gasteiger partial charge in [0.25, 0.3) is 0 Å². The van der Waals surface area contributed by atoms with Gasteiger partial charge in [-0.3, -0.25) is 4.79 Å². The summed E-state index contributed by atoms with van der Waals surface area (Å²) in [7, 11) is 1.62. The number of methoxy groups -OCH3 is 1. The Hall–Kier alpha value is -2.45. The molecule has 1 aromatic rings. The van der Waals surface area contributed by atoms with E-state index in [-0.39, 0.29) is 41.1 Å². The van der Waals surface area contributed by atoms with Crippen molar-refractivity contribution in [2.75, 3.05) is 53.3 Å². The summed E-state index contributed by atoms with van der Waals surface area (Å²) in [5.74, 6) is 3.24. The molecule has 10 heteroatoms. The zero-order valence-corrected chi connectivity index (χ0v) is 21.5. The summed E-state index contributed by atoms with van der Waals surface area (Å²) >= 11 is 1.46. The Morgan fingerprint density at radius 2 is 1.83 bits per heavy atom. The first-order chi connectivity index (χ1) is 16.9. The van der Waals surface area contributed by atoms with Crippen LogP contribution in [0.3, 0.4) is 0 Å². The molecule has 0 saturated carbocycles. The lowest BCUT2D eigenvalue weighted by atomic mass is 10.1. The van der Waals surface area contributed by atoms with E-state index < -0.39 is 0 Å². The topological polar surface area (TPSA) is 107 Å². The molecular weight excluding hydrogens is 470 g/mol. The van der Waals surface area contributed by atoms with Crippen LogP contribution in [0.1, 0.15) is 31.9 Å². The molecule has 2 unspecified atom stereocenters. The summed E-state index contributed by atoms with van der Waals surface area (Å²) in [6.07, 6.45) is 5.62. The molecule has 0 bridgehead atoms. The average Bonchev–Trinajstić information content (AvgIpc) is 2.86. The standard InChI is InChI=1S/C25H37N3O6S/c1-5-11-32-13-15-34-16-14-33-12-10-22(35-24-18(2)17-26-25(30)28-24)23(29)27-19(3)20-6-8-21(31-4)9-7-20/h1,6-9,18-19,22,24H,10-17H2,2-4H3,(H,27,29)(H2,26,28,30)/t18?,19-,22+,24?/m1/s1. The van der Waals surface area contributed by atoms with Crippen LogP contribution < -0.4 is 20.7 Å². The van der Waals surface area contributed by atoms with Gasteiger partial charge in [0.2, 0.25) is 5.91 Å². The molecule has 1 aliphatic rings. The molecule has 0 aliphatic carbocycles. The predicted octanol–water partition coefficient (Wildman–Crippen LogP) is 2.32. The van der Waals surface area contributed by atoms with Gasteiger partial charge in [-0.1, -0.05) is 25.0 Å². The lowest BCUT2D eigenvalue weighted by Gasteiger charge is -2.32. The molecule has 9 nitrogen and oxygen atoms in total. The van der Waals surface area contributed by atoms with E-state index in [0.29, 0.717) is 46.0 Å². The van der Waals surface area contributed by atoms with Crippen molar-refractivity contribution in [3.63, 3.8) is 0 Å². The number of benzene rings is 1. The molecular formula is C25H37N3O6S. The summed E-state index contributed by atoms with van der Waals surface area (Å²) in [6, 6.07) is 7.21. The summed E-state index contributed by atoms with van der Waals surface area (Å²) in [5, 5.41) is 8.25. The number of hydrogen-bond acceptors (Lipinski definition) is 7. The predicted molar refractivity (Wildman–Crippen MR) is 136 cm³/mol. The summed E-state index contributed by atoms with van der Waals surface area (Å²) in [5.41, 5.74) is 0.978. The second-order valence-electron chi connectivity index (χ2n) is 8.15. The maximum atomic E-state index is 13.2. The largest absolute Gasteiger partial charge is 0.497 e. The highest BCUT2D eigenvalue weighted by Gasteiger charge is 2.31. The van der Waals surface area contributed by atoms with Gasteiger partial charge in [0, 0.05) is 19.1 Å².